The lowest BCUT2D eigenvalue weighted by atomic mass is 10.2. The summed E-state index contributed by atoms with van der Waals surface area (Å²) in [6, 6.07) is 7.83. The first-order valence-corrected chi connectivity index (χ1v) is 5.94. The van der Waals surface area contributed by atoms with Crippen molar-refractivity contribution in [3.05, 3.63) is 29.8 Å². The maximum absolute atomic E-state index is 11.5. The van der Waals surface area contributed by atoms with Crippen LogP contribution in [0.5, 0.6) is 0 Å². The van der Waals surface area contributed by atoms with E-state index < -0.39 is 7.80 Å². The van der Waals surface area contributed by atoms with Crippen molar-refractivity contribution in [2.45, 2.75) is 6.92 Å². The van der Waals surface area contributed by atoms with Gasteiger partial charge in [0.1, 0.15) is 0 Å². The first-order chi connectivity index (χ1) is 5.74. The van der Waals surface area contributed by atoms with Gasteiger partial charge in [-0.3, -0.25) is 0 Å². The van der Waals surface area contributed by atoms with Crippen LogP contribution in [-0.4, -0.2) is 11.9 Å². The Morgan fingerprint density at radius 3 is 2.83 bits per heavy atom. The summed E-state index contributed by atoms with van der Waals surface area (Å²) in [4.78, 5) is 0. The fourth-order valence-corrected chi connectivity index (χ4v) is 2.59. The average Bonchev–Trinajstić information content (AvgIpc) is 2.05. The fourth-order valence-electron chi connectivity index (χ4n) is 1.00. The van der Waals surface area contributed by atoms with Crippen molar-refractivity contribution in [3.63, 3.8) is 0 Å². The first-order valence-electron chi connectivity index (χ1n) is 3.86. The minimum absolute atomic E-state index is 0.669. The Bertz CT molecular complexity index is 286. The van der Waals surface area contributed by atoms with Crippen LogP contribution < -0.4 is 5.30 Å². The van der Waals surface area contributed by atoms with Crippen molar-refractivity contribution >= 4 is 25.7 Å². The summed E-state index contributed by atoms with van der Waals surface area (Å²) in [5.41, 5.74) is 1.16. The second kappa shape index (κ2) is 4.64. The van der Waals surface area contributed by atoms with Gasteiger partial charge in [-0.25, -0.2) is 0 Å². The summed E-state index contributed by atoms with van der Waals surface area (Å²) in [7, 11) is -1.22. The molecule has 1 aromatic carbocycles. The molecule has 64 valence electrons. The Kier molecular flexibility index (Phi) is 3.77. The second-order valence-electron chi connectivity index (χ2n) is 2.66. The zero-order valence-corrected chi connectivity index (χ0v) is 8.82. The molecule has 1 rings (SSSR count). The van der Waals surface area contributed by atoms with E-state index in [-0.39, 0.29) is 0 Å². The highest BCUT2D eigenvalue weighted by Crippen LogP contribution is 2.19. The molecule has 0 aliphatic carbocycles. The highest BCUT2D eigenvalue weighted by atomic mass is 32.1. The molecule has 0 radical (unpaired) electrons. The van der Waals surface area contributed by atoms with E-state index in [1.165, 1.54) is 0 Å². The number of hydrogen-bond donors (Lipinski definition) is 1. The predicted octanol–water partition coefficient (Wildman–Crippen LogP) is 2.38. The summed E-state index contributed by atoms with van der Waals surface area (Å²) in [5.74, 6) is 0.684. The van der Waals surface area contributed by atoms with Gasteiger partial charge in [0.2, 0.25) is 0 Å². The summed E-state index contributed by atoms with van der Waals surface area (Å²) >= 11 is 4.05. The lowest BCUT2D eigenvalue weighted by molar-refractivity contribution is 0.594. The molecule has 1 unspecified atom stereocenters. The number of rotatable bonds is 3. The molecule has 12 heavy (non-hydrogen) atoms. The standard InChI is InChI=1S/C9H11OPS/c1-8-3-2-4-9(7-8)11(10)5-6-12/h2-4,7H,5-6H2,1H3/p+1. The van der Waals surface area contributed by atoms with E-state index in [0.717, 1.165) is 10.9 Å². The van der Waals surface area contributed by atoms with Gasteiger partial charge in [-0.2, -0.15) is 12.6 Å². The zero-order chi connectivity index (χ0) is 8.97. The number of benzene rings is 1. The predicted molar refractivity (Wildman–Crippen MR) is 57.1 cm³/mol. The zero-order valence-electron chi connectivity index (χ0n) is 7.03. The molecular weight excluding hydrogens is 187 g/mol. The molecule has 0 N–H and O–H groups in total. The normalized spacial score (nSPS) is 11.3. The van der Waals surface area contributed by atoms with Gasteiger partial charge in [0, 0.05) is 5.75 Å². The van der Waals surface area contributed by atoms with Crippen molar-refractivity contribution in [3.8, 4) is 0 Å². The Labute approximate surface area is 79.4 Å². The summed E-state index contributed by atoms with van der Waals surface area (Å²) in [6.45, 7) is 2.01. The SMILES string of the molecule is Cc1cccc([P+](=O)CCS)c1. The lowest BCUT2D eigenvalue weighted by Crippen LogP contribution is -1.98. The summed E-state index contributed by atoms with van der Waals surface area (Å²) in [5, 5.41) is 0.944. The smallest absolute Gasteiger partial charge is 0.175 e. The van der Waals surface area contributed by atoms with E-state index in [0.29, 0.717) is 11.9 Å². The topological polar surface area (TPSA) is 17.1 Å². The molecule has 0 saturated heterocycles. The lowest BCUT2D eigenvalue weighted by Gasteiger charge is -1.89. The molecule has 0 heterocycles. The Morgan fingerprint density at radius 2 is 2.25 bits per heavy atom. The van der Waals surface area contributed by atoms with Crippen LogP contribution in [0.3, 0.4) is 0 Å². The Balaban J connectivity index is 2.81. The molecule has 0 saturated carbocycles. The van der Waals surface area contributed by atoms with Gasteiger partial charge in [-0.1, -0.05) is 16.7 Å². The van der Waals surface area contributed by atoms with E-state index in [4.69, 9.17) is 0 Å². The van der Waals surface area contributed by atoms with E-state index in [2.05, 4.69) is 12.6 Å². The first kappa shape index (κ1) is 9.76. The molecule has 1 nitrogen and oxygen atoms in total. The number of thiol groups is 1. The van der Waals surface area contributed by atoms with Crippen LogP contribution in [0.4, 0.5) is 0 Å². The summed E-state index contributed by atoms with van der Waals surface area (Å²) in [6.07, 6.45) is 0.669. The molecule has 0 amide bonds. The Morgan fingerprint density at radius 1 is 1.50 bits per heavy atom. The van der Waals surface area contributed by atoms with Crippen molar-refractivity contribution < 1.29 is 4.57 Å². The van der Waals surface area contributed by atoms with Crippen LogP contribution in [0.2, 0.25) is 0 Å². The molecule has 0 aliphatic heterocycles. The molecule has 0 fully saturated rings. The van der Waals surface area contributed by atoms with E-state index in [1.807, 2.05) is 31.2 Å². The minimum atomic E-state index is -1.22. The third-order valence-electron chi connectivity index (χ3n) is 1.59. The molecule has 0 spiro atoms. The van der Waals surface area contributed by atoms with E-state index in [1.54, 1.807) is 0 Å². The molecule has 0 bridgehead atoms. The molecule has 0 aliphatic rings. The van der Waals surface area contributed by atoms with Crippen LogP contribution in [0, 0.1) is 6.92 Å². The van der Waals surface area contributed by atoms with Crippen molar-refractivity contribution in [2.24, 2.45) is 0 Å². The molecule has 1 aromatic rings. The minimum Gasteiger partial charge on any atom is -0.175 e. The number of hydrogen-bond acceptors (Lipinski definition) is 2. The molecule has 3 heteroatoms. The maximum Gasteiger partial charge on any atom is 0.377 e. The quantitative estimate of drug-likeness (QED) is 0.584. The summed E-state index contributed by atoms with van der Waals surface area (Å²) < 4.78 is 11.5. The largest absolute Gasteiger partial charge is 0.377 e. The van der Waals surface area contributed by atoms with Gasteiger partial charge in [0.15, 0.2) is 11.5 Å². The van der Waals surface area contributed by atoms with Crippen LogP contribution in [-0.2, 0) is 4.57 Å². The average molecular weight is 199 g/mol. The van der Waals surface area contributed by atoms with Crippen molar-refractivity contribution in [2.75, 3.05) is 11.9 Å². The Hall–Kier alpha value is -0.330. The van der Waals surface area contributed by atoms with E-state index >= 15 is 0 Å². The van der Waals surface area contributed by atoms with Gasteiger partial charge >= 0.3 is 7.80 Å². The molecule has 0 aromatic heterocycles. The van der Waals surface area contributed by atoms with Crippen molar-refractivity contribution in [1.82, 2.24) is 0 Å². The van der Waals surface area contributed by atoms with Crippen LogP contribution in [0.25, 0.3) is 0 Å². The van der Waals surface area contributed by atoms with E-state index in [9.17, 15) is 4.57 Å². The maximum atomic E-state index is 11.5. The van der Waals surface area contributed by atoms with Crippen LogP contribution in [0.1, 0.15) is 5.56 Å². The van der Waals surface area contributed by atoms with Gasteiger partial charge < -0.3 is 0 Å². The fraction of sp³-hybridized carbons (Fsp3) is 0.333. The van der Waals surface area contributed by atoms with Gasteiger partial charge in [0.25, 0.3) is 0 Å². The second-order valence-corrected chi connectivity index (χ2v) is 4.83. The molecule has 1 atom stereocenters. The van der Waals surface area contributed by atoms with Gasteiger partial charge in [-0.05, 0) is 24.6 Å². The van der Waals surface area contributed by atoms with Crippen LogP contribution in [0.15, 0.2) is 24.3 Å². The third kappa shape index (κ3) is 2.62. The van der Waals surface area contributed by atoms with Gasteiger partial charge in [0.05, 0.1) is 0 Å². The highest BCUT2D eigenvalue weighted by Gasteiger charge is 2.17. The van der Waals surface area contributed by atoms with Gasteiger partial charge in [-0.15, -0.1) is 0 Å². The highest BCUT2D eigenvalue weighted by molar-refractivity contribution is 7.80. The van der Waals surface area contributed by atoms with Crippen LogP contribution >= 0.6 is 20.4 Å². The third-order valence-corrected chi connectivity index (χ3v) is 3.65. The van der Waals surface area contributed by atoms with Crippen molar-refractivity contribution in [1.29, 1.82) is 0 Å². The molecular formula is C9H12OPS+. The number of aryl methyl sites for hydroxylation is 1. The monoisotopic (exact) mass is 199 g/mol.